The van der Waals surface area contributed by atoms with Crippen molar-refractivity contribution in [3.63, 3.8) is 0 Å². The monoisotopic (exact) mass is 222 g/mol. The molecule has 0 spiro atoms. The molecule has 1 N–H and O–H groups in total. The number of imidazole rings is 1. The van der Waals surface area contributed by atoms with Crippen molar-refractivity contribution in [3.8, 4) is 0 Å². The van der Waals surface area contributed by atoms with E-state index in [1.165, 1.54) is 11.3 Å². The summed E-state index contributed by atoms with van der Waals surface area (Å²) in [5, 5.41) is 5.25. The third kappa shape index (κ3) is 2.63. The second-order valence-electron chi connectivity index (χ2n) is 3.08. The summed E-state index contributed by atoms with van der Waals surface area (Å²) in [6.07, 6.45) is 4.99. The van der Waals surface area contributed by atoms with Crippen molar-refractivity contribution in [2.24, 2.45) is 0 Å². The Balaban J connectivity index is 1.93. The predicted molar refractivity (Wildman–Crippen MR) is 57.7 cm³/mol. The number of hydrogen-bond acceptors (Lipinski definition) is 4. The predicted octanol–water partition coefficient (Wildman–Crippen LogP) is 1.29. The summed E-state index contributed by atoms with van der Waals surface area (Å²) in [6.45, 7) is 2.15. The average Bonchev–Trinajstić information content (AvgIpc) is 2.77. The molecule has 2 aromatic heterocycles. The number of nitrogens with zero attached hydrogens (tertiary/aromatic N) is 3. The van der Waals surface area contributed by atoms with Gasteiger partial charge >= 0.3 is 0 Å². The molecule has 0 unspecified atom stereocenters. The molecule has 6 heteroatoms. The first-order chi connectivity index (χ1) is 7.24. The van der Waals surface area contributed by atoms with Crippen LogP contribution in [0.3, 0.4) is 0 Å². The van der Waals surface area contributed by atoms with Crippen LogP contribution in [0, 0.1) is 6.92 Å². The SMILES string of the molecule is Cc1csc(NC(=O)Cn2ccnc2)n1. The first-order valence-corrected chi connectivity index (χ1v) is 5.30. The van der Waals surface area contributed by atoms with E-state index in [4.69, 9.17) is 0 Å². The Hall–Kier alpha value is -1.69. The minimum absolute atomic E-state index is 0.0950. The van der Waals surface area contributed by atoms with E-state index in [-0.39, 0.29) is 12.5 Å². The second kappa shape index (κ2) is 4.22. The van der Waals surface area contributed by atoms with Gasteiger partial charge in [0.25, 0.3) is 0 Å². The third-order valence-electron chi connectivity index (χ3n) is 1.75. The zero-order valence-electron chi connectivity index (χ0n) is 8.17. The van der Waals surface area contributed by atoms with Crippen molar-refractivity contribution in [2.75, 3.05) is 5.32 Å². The minimum atomic E-state index is -0.0950. The molecule has 0 radical (unpaired) electrons. The van der Waals surface area contributed by atoms with Gasteiger partial charge in [0.05, 0.1) is 12.0 Å². The highest BCUT2D eigenvalue weighted by Gasteiger charge is 2.05. The average molecular weight is 222 g/mol. The van der Waals surface area contributed by atoms with Crippen LogP contribution in [-0.4, -0.2) is 20.4 Å². The summed E-state index contributed by atoms with van der Waals surface area (Å²) >= 11 is 1.42. The largest absolute Gasteiger partial charge is 0.328 e. The number of carbonyl (C=O) groups is 1. The van der Waals surface area contributed by atoms with Gasteiger partial charge in [-0.05, 0) is 6.92 Å². The Bertz CT molecular complexity index is 448. The van der Waals surface area contributed by atoms with E-state index in [1.54, 1.807) is 23.3 Å². The smallest absolute Gasteiger partial charge is 0.246 e. The van der Waals surface area contributed by atoms with Crippen molar-refractivity contribution >= 4 is 22.4 Å². The lowest BCUT2D eigenvalue weighted by Crippen LogP contribution is -2.17. The quantitative estimate of drug-likeness (QED) is 0.851. The summed E-state index contributed by atoms with van der Waals surface area (Å²) < 4.78 is 1.70. The highest BCUT2D eigenvalue weighted by molar-refractivity contribution is 7.13. The van der Waals surface area contributed by atoms with E-state index >= 15 is 0 Å². The fourth-order valence-electron chi connectivity index (χ4n) is 1.12. The Morgan fingerprint density at radius 2 is 2.53 bits per heavy atom. The van der Waals surface area contributed by atoms with Gasteiger partial charge in [-0.3, -0.25) is 4.79 Å². The third-order valence-corrected chi connectivity index (χ3v) is 2.63. The van der Waals surface area contributed by atoms with Gasteiger partial charge < -0.3 is 9.88 Å². The minimum Gasteiger partial charge on any atom is -0.328 e. The van der Waals surface area contributed by atoms with E-state index < -0.39 is 0 Å². The fraction of sp³-hybridized carbons (Fsp3) is 0.222. The molecule has 0 aliphatic rings. The number of aryl methyl sites for hydroxylation is 1. The van der Waals surface area contributed by atoms with Gasteiger partial charge in [-0.1, -0.05) is 0 Å². The standard InChI is InChI=1S/C9H10N4OS/c1-7-5-15-9(11-7)12-8(14)4-13-3-2-10-6-13/h2-3,5-6H,4H2,1H3,(H,11,12,14). The van der Waals surface area contributed by atoms with Gasteiger partial charge in [0.15, 0.2) is 5.13 Å². The first-order valence-electron chi connectivity index (χ1n) is 4.42. The molecule has 0 bridgehead atoms. The Morgan fingerprint density at radius 1 is 1.67 bits per heavy atom. The molecule has 2 rings (SSSR count). The number of nitrogens with one attached hydrogen (secondary N) is 1. The summed E-state index contributed by atoms with van der Waals surface area (Å²) in [5.41, 5.74) is 0.915. The van der Waals surface area contributed by atoms with Crippen molar-refractivity contribution in [1.29, 1.82) is 0 Å². The Labute approximate surface area is 90.8 Å². The number of carbonyl (C=O) groups excluding carboxylic acids is 1. The molecule has 0 aliphatic heterocycles. The van der Waals surface area contributed by atoms with Gasteiger partial charge in [0.1, 0.15) is 6.54 Å². The highest BCUT2D eigenvalue weighted by atomic mass is 32.1. The molecule has 0 atom stereocenters. The first kappa shape index (κ1) is 9.85. The van der Waals surface area contributed by atoms with E-state index in [0.29, 0.717) is 5.13 Å². The summed E-state index contributed by atoms with van der Waals surface area (Å²) in [7, 11) is 0. The van der Waals surface area contributed by atoms with Crippen molar-refractivity contribution in [3.05, 3.63) is 29.8 Å². The number of anilines is 1. The van der Waals surface area contributed by atoms with Crippen LogP contribution in [0.5, 0.6) is 0 Å². The molecule has 1 amide bonds. The Kier molecular flexibility index (Phi) is 2.77. The van der Waals surface area contributed by atoms with Crippen LogP contribution in [0.25, 0.3) is 0 Å². The van der Waals surface area contributed by atoms with Crippen LogP contribution in [0.1, 0.15) is 5.69 Å². The van der Waals surface area contributed by atoms with Gasteiger partial charge in [-0.2, -0.15) is 0 Å². The van der Waals surface area contributed by atoms with Gasteiger partial charge in [0, 0.05) is 17.8 Å². The lowest BCUT2D eigenvalue weighted by atomic mass is 10.5. The van der Waals surface area contributed by atoms with E-state index in [2.05, 4.69) is 15.3 Å². The summed E-state index contributed by atoms with van der Waals surface area (Å²) in [6, 6.07) is 0. The van der Waals surface area contributed by atoms with Crippen LogP contribution in [0.2, 0.25) is 0 Å². The second-order valence-corrected chi connectivity index (χ2v) is 3.94. The topological polar surface area (TPSA) is 59.8 Å². The number of thiazole rings is 1. The Morgan fingerprint density at radius 3 is 3.13 bits per heavy atom. The number of rotatable bonds is 3. The van der Waals surface area contributed by atoms with Crippen LogP contribution < -0.4 is 5.32 Å². The van der Waals surface area contributed by atoms with E-state index in [1.807, 2.05) is 12.3 Å². The van der Waals surface area contributed by atoms with Gasteiger partial charge in [-0.25, -0.2) is 9.97 Å². The van der Waals surface area contributed by atoms with Crippen molar-refractivity contribution in [2.45, 2.75) is 13.5 Å². The molecule has 0 fully saturated rings. The summed E-state index contributed by atoms with van der Waals surface area (Å²) in [5.74, 6) is -0.0950. The van der Waals surface area contributed by atoms with Crippen molar-refractivity contribution in [1.82, 2.24) is 14.5 Å². The molecule has 78 valence electrons. The molecule has 5 nitrogen and oxygen atoms in total. The molecule has 0 aliphatic carbocycles. The molecule has 0 saturated carbocycles. The zero-order valence-corrected chi connectivity index (χ0v) is 8.99. The molecule has 2 heterocycles. The molecular weight excluding hydrogens is 212 g/mol. The van der Waals surface area contributed by atoms with Crippen LogP contribution in [-0.2, 0) is 11.3 Å². The van der Waals surface area contributed by atoms with Crippen LogP contribution in [0.15, 0.2) is 24.1 Å². The summed E-state index contributed by atoms with van der Waals surface area (Å²) in [4.78, 5) is 19.5. The zero-order chi connectivity index (χ0) is 10.7. The number of aromatic nitrogens is 3. The number of amides is 1. The maximum absolute atomic E-state index is 11.5. The van der Waals surface area contributed by atoms with Crippen LogP contribution in [0.4, 0.5) is 5.13 Å². The molecule has 0 saturated heterocycles. The molecule has 15 heavy (non-hydrogen) atoms. The van der Waals surface area contributed by atoms with Gasteiger partial charge in [0.2, 0.25) is 5.91 Å². The normalized spacial score (nSPS) is 10.2. The molecular formula is C9H10N4OS. The van der Waals surface area contributed by atoms with E-state index in [0.717, 1.165) is 5.69 Å². The maximum atomic E-state index is 11.5. The number of hydrogen-bond donors (Lipinski definition) is 1. The molecule has 0 aromatic carbocycles. The van der Waals surface area contributed by atoms with Gasteiger partial charge in [-0.15, -0.1) is 11.3 Å². The lowest BCUT2D eigenvalue weighted by molar-refractivity contribution is -0.116. The highest BCUT2D eigenvalue weighted by Crippen LogP contribution is 2.14. The fourth-order valence-corrected chi connectivity index (χ4v) is 1.82. The maximum Gasteiger partial charge on any atom is 0.246 e. The lowest BCUT2D eigenvalue weighted by Gasteiger charge is -2.01. The molecule has 2 aromatic rings. The van der Waals surface area contributed by atoms with Crippen LogP contribution >= 0.6 is 11.3 Å². The van der Waals surface area contributed by atoms with Crippen molar-refractivity contribution < 1.29 is 4.79 Å². The van der Waals surface area contributed by atoms with E-state index in [9.17, 15) is 4.79 Å².